The maximum absolute atomic E-state index is 13.0. The molecule has 1 aromatic carbocycles. The molecule has 106 valence electrons. The zero-order valence-electron chi connectivity index (χ0n) is 10.7. The van der Waals surface area contributed by atoms with E-state index in [1.165, 1.54) is 18.2 Å². The van der Waals surface area contributed by atoms with Crippen molar-refractivity contribution in [3.63, 3.8) is 0 Å². The summed E-state index contributed by atoms with van der Waals surface area (Å²) in [5.74, 6) is -0.539. The molecule has 1 heterocycles. The van der Waals surface area contributed by atoms with E-state index in [4.69, 9.17) is 11.6 Å². The fourth-order valence-corrected chi connectivity index (χ4v) is 2.62. The van der Waals surface area contributed by atoms with Crippen LogP contribution in [0.3, 0.4) is 0 Å². The molecule has 2 rings (SSSR count). The van der Waals surface area contributed by atoms with Crippen molar-refractivity contribution in [2.45, 2.75) is 18.9 Å². The Bertz CT molecular complexity index is 456. The van der Waals surface area contributed by atoms with E-state index >= 15 is 0 Å². The first-order chi connectivity index (χ1) is 8.63. The Kier molecular flexibility index (Phi) is 6.04. The fourth-order valence-electron chi connectivity index (χ4n) is 2.37. The topological polar surface area (TPSA) is 32.3 Å². The van der Waals surface area contributed by atoms with E-state index < -0.39 is 5.82 Å². The summed E-state index contributed by atoms with van der Waals surface area (Å²) in [4.78, 5) is 14.2. The Morgan fingerprint density at radius 1 is 1.58 bits per heavy atom. The highest BCUT2D eigenvalue weighted by Crippen LogP contribution is 2.24. The first-order valence-electron chi connectivity index (χ1n) is 6.04. The molecule has 1 aromatic rings. The van der Waals surface area contributed by atoms with Gasteiger partial charge in [-0.3, -0.25) is 4.79 Å². The summed E-state index contributed by atoms with van der Waals surface area (Å²) in [5.41, 5.74) is 0.376. The molecule has 1 saturated heterocycles. The molecule has 0 radical (unpaired) electrons. The van der Waals surface area contributed by atoms with Crippen molar-refractivity contribution in [1.82, 2.24) is 10.2 Å². The lowest BCUT2D eigenvalue weighted by Gasteiger charge is -2.25. The molecule has 1 N–H and O–H groups in total. The second-order valence-corrected chi connectivity index (χ2v) is 4.88. The quantitative estimate of drug-likeness (QED) is 0.931. The summed E-state index contributed by atoms with van der Waals surface area (Å²) in [6.07, 6.45) is 1.99. The number of rotatable bonds is 3. The Morgan fingerprint density at radius 3 is 2.95 bits per heavy atom. The van der Waals surface area contributed by atoms with Gasteiger partial charge in [0.1, 0.15) is 5.82 Å². The van der Waals surface area contributed by atoms with Crippen LogP contribution in [0.4, 0.5) is 4.39 Å². The van der Waals surface area contributed by atoms with Crippen molar-refractivity contribution in [1.29, 1.82) is 0 Å². The molecule has 0 aromatic heterocycles. The highest BCUT2D eigenvalue weighted by molar-refractivity contribution is 6.33. The van der Waals surface area contributed by atoms with Gasteiger partial charge in [0.25, 0.3) is 5.91 Å². The van der Waals surface area contributed by atoms with E-state index in [9.17, 15) is 9.18 Å². The van der Waals surface area contributed by atoms with Gasteiger partial charge in [0.2, 0.25) is 0 Å². The number of amides is 1. The second kappa shape index (κ2) is 7.08. The molecule has 0 saturated carbocycles. The standard InChI is InChI=1S/C13H16ClFN2O.ClH/c1-16-8-10-3-2-6-17(10)13(18)11-5-4-9(15)7-12(11)14;/h4-5,7,10,16H,2-3,6,8H2,1H3;1H. The number of nitrogens with zero attached hydrogens (tertiary/aromatic N) is 1. The molecule has 19 heavy (non-hydrogen) atoms. The van der Waals surface area contributed by atoms with Crippen LogP contribution in [0.2, 0.25) is 5.02 Å². The molecule has 0 bridgehead atoms. The third kappa shape index (κ3) is 3.59. The van der Waals surface area contributed by atoms with Crippen molar-refractivity contribution < 1.29 is 9.18 Å². The number of likely N-dealkylation sites (tertiary alicyclic amines) is 1. The maximum Gasteiger partial charge on any atom is 0.255 e. The number of carbonyl (C=O) groups is 1. The van der Waals surface area contributed by atoms with Crippen LogP contribution in [0, 0.1) is 5.82 Å². The number of hydrogen-bond donors (Lipinski definition) is 1. The maximum atomic E-state index is 13.0. The van der Waals surface area contributed by atoms with Gasteiger partial charge in [-0.1, -0.05) is 11.6 Å². The lowest BCUT2D eigenvalue weighted by Crippen LogP contribution is -2.40. The van der Waals surface area contributed by atoms with Crippen LogP contribution >= 0.6 is 24.0 Å². The van der Waals surface area contributed by atoms with E-state index in [1.807, 2.05) is 11.9 Å². The summed E-state index contributed by atoms with van der Waals surface area (Å²) in [6, 6.07) is 4.10. The number of likely N-dealkylation sites (N-methyl/N-ethyl adjacent to an activating group) is 1. The van der Waals surface area contributed by atoms with E-state index in [2.05, 4.69) is 5.32 Å². The smallest absolute Gasteiger partial charge is 0.255 e. The van der Waals surface area contributed by atoms with Gasteiger partial charge < -0.3 is 10.2 Å². The van der Waals surface area contributed by atoms with Crippen LogP contribution < -0.4 is 5.32 Å². The Morgan fingerprint density at radius 2 is 2.32 bits per heavy atom. The van der Waals surface area contributed by atoms with Crippen molar-refractivity contribution >= 4 is 29.9 Å². The zero-order chi connectivity index (χ0) is 13.1. The minimum Gasteiger partial charge on any atom is -0.334 e. The highest BCUT2D eigenvalue weighted by atomic mass is 35.5. The third-order valence-electron chi connectivity index (χ3n) is 3.24. The molecule has 1 amide bonds. The van der Waals surface area contributed by atoms with Gasteiger partial charge in [-0.2, -0.15) is 0 Å². The lowest BCUT2D eigenvalue weighted by molar-refractivity contribution is 0.0737. The molecule has 1 atom stereocenters. The van der Waals surface area contributed by atoms with E-state index in [0.717, 1.165) is 25.9 Å². The number of carbonyl (C=O) groups excluding carboxylic acids is 1. The highest BCUT2D eigenvalue weighted by Gasteiger charge is 2.29. The molecule has 6 heteroatoms. The zero-order valence-corrected chi connectivity index (χ0v) is 12.2. The van der Waals surface area contributed by atoms with Gasteiger partial charge in [0.15, 0.2) is 0 Å². The van der Waals surface area contributed by atoms with Crippen LogP contribution in [-0.4, -0.2) is 37.0 Å². The molecule has 1 aliphatic rings. The van der Waals surface area contributed by atoms with Crippen molar-refractivity contribution in [2.75, 3.05) is 20.1 Å². The molecule has 1 fully saturated rings. The predicted molar refractivity (Wildman–Crippen MR) is 76.6 cm³/mol. The molecular formula is C13H17Cl2FN2O. The predicted octanol–water partition coefficient (Wildman–Crippen LogP) is 2.72. The monoisotopic (exact) mass is 306 g/mol. The first kappa shape index (κ1) is 16.2. The summed E-state index contributed by atoms with van der Waals surface area (Å²) in [6.45, 7) is 1.50. The van der Waals surface area contributed by atoms with Crippen molar-refractivity contribution in [3.05, 3.63) is 34.6 Å². The van der Waals surface area contributed by atoms with Crippen molar-refractivity contribution in [2.24, 2.45) is 0 Å². The van der Waals surface area contributed by atoms with Crippen LogP contribution in [0.5, 0.6) is 0 Å². The van der Waals surface area contributed by atoms with Gasteiger partial charge in [-0.05, 0) is 38.1 Å². The number of benzene rings is 1. The molecule has 1 unspecified atom stereocenters. The van der Waals surface area contributed by atoms with Crippen LogP contribution in [0.1, 0.15) is 23.2 Å². The lowest BCUT2D eigenvalue weighted by atomic mass is 10.1. The minimum atomic E-state index is -0.426. The molecule has 1 aliphatic heterocycles. The number of nitrogens with one attached hydrogen (secondary N) is 1. The normalized spacial score (nSPS) is 18.3. The van der Waals surface area contributed by atoms with E-state index in [-0.39, 0.29) is 29.4 Å². The molecular weight excluding hydrogens is 290 g/mol. The van der Waals surface area contributed by atoms with Gasteiger partial charge in [0.05, 0.1) is 10.6 Å². The minimum absolute atomic E-state index is 0. The van der Waals surface area contributed by atoms with Crippen LogP contribution in [-0.2, 0) is 0 Å². The van der Waals surface area contributed by atoms with E-state index in [1.54, 1.807) is 0 Å². The molecule has 0 aliphatic carbocycles. The third-order valence-corrected chi connectivity index (χ3v) is 3.55. The van der Waals surface area contributed by atoms with Crippen LogP contribution in [0.15, 0.2) is 18.2 Å². The fraction of sp³-hybridized carbons (Fsp3) is 0.462. The summed E-state index contributed by atoms with van der Waals surface area (Å²) >= 11 is 5.92. The largest absolute Gasteiger partial charge is 0.334 e. The van der Waals surface area contributed by atoms with Gasteiger partial charge in [-0.25, -0.2) is 4.39 Å². The number of hydrogen-bond acceptors (Lipinski definition) is 2. The Hall–Kier alpha value is -0.840. The summed E-state index contributed by atoms with van der Waals surface area (Å²) in [7, 11) is 1.87. The Labute approximate surface area is 123 Å². The van der Waals surface area contributed by atoms with E-state index in [0.29, 0.717) is 5.56 Å². The SMILES string of the molecule is CNCC1CCCN1C(=O)c1ccc(F)cc1Cl.Cl. The van der Waals surface area contributed by atoms with Crippen molar-refractivity contribution in [3.8, 4) is 0 Å². The van der Waals surface area contributed by atoms with Gasteiger partial charge in [-0.15, -0.1) is 12.4 Å². The average molecular weight is 307 g/mol. The molecule has 3 nitrogen and oxygen atoms in total. The summed E-state index contributed by atoms with van der Waals surface area (Å²) in [5, 5.41) is 3.26. The molecule has 0 spiro atoms. The first-order valence-corrected chi connectivity index (χ1v) is 6.42. The summed E-state index contributed by atoms with van der Waals surface area (Å²) < 4.78 is 13.0. The Balaban J connectivity index is 0.00000180. The van der Waals surface area contributed by atoms with Gasteiger partial charge >= 0.3 is 0 Å². The van der Waals surface area contributed by atoms with Crippen LogP contribution in [0.25, 0.3) is 0 Å². The second-order valence-electron chi connectivity index (χ2n) is 4.48. The number of halogens is 3. The van der Waals surface area contributed by atoms with Gasteiger partial charge in [0, 0.05) is 19.1 Å². The average Bonchev–Trinajstić information content (AvgIpc) is 2.77.